The highest BCUT2D eigenvalue weighted by atomic mass is 32.2. The molecule has 5 rings (SSSR count). The Kier molecular flexibility index (Phi) is 5.22. The van der Waals surface area contributed by atoms with Crippen LogP contribution in [0.2, 0.25) is 0 Å². The molecule has 1 aromatic rings. The molecule has 0 aromatic heterocycles. The molecule has 0 bridgehead atoms. The molecule has 162 valence electrons. The molecule has 0 saturated carbocycles. The fraction of sp³-hybridized carbons (Fsp3) is 0.400. The zero-order valence-electron chi connectivity index (χ0n) is 18.5. The first-order valence-electron chi connectivity index (χ1n) is 11.3. The van der Waals surface area contributed by atoms with Gasteiger partial charge in [0, 0.05) is 24.7 Å². The summed E-state index contributed by atoms with van der Waals surface area (Å²) in [4.78, 5) is 14.7. The first kappa shape index (κ1) is 20.5. The van der Waals surface area contributed by atoms with E-state index in [1.807, 2.05) is 4.90 Å². The number of nitrogens with one attached hydrogen (secondary N) is 2. The van der Waals surface area contributed by atoms with Gasteiger partial charge in [0.15, 0.2) is 11.7 Å². The number of carbonyl (C=O) groups excluding carboxylic acids is 1. The van der Waals surface area contributed by atoms with Crippen LogP contribution in [0, 0.1) is 5.92 Å². The van der Waals surface area contributed by atoms with Gasteiger partial charge in [0.25, 0.3) is 0 Å². The first-order valence-corrected chi connectivity index (χ1v) is 12.2. The second-order valence-electron chi connectivity index (χ2n) is 9.17. The summed E-state index contributed by atoms with van der Waals surface area (Å²) in [6.07, 6.45) is 7.80. The number of dihydropyridines is 1. The van der Waals surface area contributed by atoms with Crippen LogP contribution < -0.4 is 10.6 Å². The van der Waals surface area contributed by atoms with E-state index in [4.69, 9.17) is 0 Å². The van der Waals surface area contributed by atoms with E-state index in [0.717, 1.165) is 10.2 Å². The van der Waals surface area contributed by atoms with Gasteiger partial charge in [0.2, 0.25) is 5.91 Å². The minimum absolute atomic E-state index is 0.0323. The molecule has 4 heterocycles. The smallest absolute Gasteiger partial charge is 0.225 e. The summed E-state index contributed by atoms with van der Waals surface area (Å²) in [5.41, 5.74) is 6.16. The summed E-state index contributed by atoms with van der Waals surface area (Å²) in [7, 11) is 0. The molecule has 0 aliphatic carbocycles. The van der Waals surface area contributed by atoms with Gasteiger partial charge in [-0.05, 0) is 35.5 Å². The fourth-order valence-electron chi connectivity index (χ4n) is 4.69. The number of rotatable bonds is 6. The monoisotopic (exact) mass is 435 g/mol. The van der Waals surface area contributed by atoms with E-state index in [0.29, 0.717) is 25.0 Å². The molecule has 1 saturated heterocycles. The molecule has 2 N–H and O–H groups in total. The van der Waals surface area contributed by atoms with Crippen molar-refractivity contribution in [1.29, 1.82) is 0 Å². The van der Waals surface area contributed by atoms with E-state index in [1.54, 1.807) is 11.8 Å². The highest BCUT2D eigenvalue weighted by Gasteiger charge is 2.56. The van der Waals surface area contributed by atoms with Crippen LogP contribution in [-0.4, -0.2) is 46.6 Å². The van der Waals surface area contributed by atoms with E-state index in [2.05, 4.69) is 85.6 Å². The summed E-state index contributed by atoms with van der Waals surface area (Å²) in [6, 6.07) is 10.5. The summed E-state index contributed by atoms with van der Waals surface area (Å²) in [5, 5.41) is 9.54. The Bertz CT molecular complexity index is 1000. The minimum Gasteiger partial charge on any atom is -0.355 e. The Balaban J connectivity index is 1.38. The largest absolute Gasteiger partial charge is 0.355 e. The van der Waals surface area contributed by atoms with Crippen LogP contribution in [0.5, 0.6) is 0 Å². The Hall–Kier alpha value is -2.44. The minimum atomic E-state index is -0.0323. The van der Waals surface area contributed by atoms with Gasteiger partial charge in [-0.1, -0.05) is 55.9 Å². The summed E-state index contributed by atoms with van der Waals surface area (Å²) >= 11 is 1.70. The number of nitrogens with zero attached hydrogens (tertiary/aromatic N) is 2. The molecular weight excluding hydrogens is 404 g/mol. The maximum absolute atomic E-state index is 12.7. The van der Waals surface area contributed by atoms with Crippen molar-refractivity contribution >= 4 is 23.2 Å². The van der Waals surface area contributed by atoms with Crippen molar-refractivity contribution in [1.82, 2.24) is 15.5 Å². The molecule has 1 amide bonds. The third-order valence-corrected chi connectivity index (χ3v) is 7.47. The van der Waals surface area contributed by atoms with Crippen LogP contribution >= 0.6 is 11.8 Å². The number of carbonyl (C=O) groups is 1. The van der Waals surface area contributed by atoms with Crippen molar-refractivity contribution in [2.75, 3.05) is 19.6 Å². The van der Waals surface area contributed by atoms with E-state index in [1.165, 1.54) is 35.4 Å². The molecule has 1 aromatic carbocycles. The van der Waals surface area contributed by atoms with Crippen molar-refractivity contribution in [3.8, 4) is 0 Å². The van der Waals surface area contributed by atoms with Gasteiger partial charge in [-0.25, -0.2) is 0 Å². The van der Waals surface area contributed by atoms with E-state index >= 15 is 0 Å². The van der Waals surface area contributed by atoms with Crippen LogP contribution in [-0.2, 0) is 4.79 Å². The molecule has 1 spiro atoms. The number of allylic oxidation sites excluding steroid dienone is 3. The van der Waals surface area contributed by atoms with Gasteiger partial charge in [0.1, 0.15) is 19.3 Å². The summed E-state index contributed by atoms with van der Waals surface area (Å²) in [6.45, 7) is 9.31. The predicted molar refractivity (Wildman–Crippen MR) is 127 cm³/mol. The predicted octanol–water partition coefficient (Wildman–Crippen LogP) is 3.97. The van der Waals surface area contributed by atoms with Gasteiger partial charge in [-0.3, -0.25) is 9.28 Å². The zero-order chi connectivity index (χ0) is 21.6. The van der Waals surface area contributed by atoms with Crippen molar-refractivity contribution in [2.45, 2.75) is 38.9 Å². The van der Waals surface area contributed by atoms with Crippen molar-refractivity contribution in [3.63, 3.8) is 0 Å². The Labute approximate surface area is 189 Å². The lowest BCUT2D eigenvalue weighted by Gasteiger charge is -2.29. The molecule has 2 atom stereocenters. The van der Waals surface area contributed by atoms with Crippen LogP contribution in [0.4, 0.5) is 0 Å². The van der Waals surface area contributed by atoms with Crippen molar-refractivity contribution < 1.29 is 9.28 Å². The molecule has 4 aliphatic rings. The number of benzene rings is 1. The molecule has 1 fully saturated rings. The molecule has 2 unspecified atom stereocenters. The average Bonchev–Trinajstić information content (AvgIpc) is 3.26. The average molecular weight is 436 g/mol. The topological polar surface area (TPSA) is 44.4 Å². The quantitative estimate of drug-likeness (QED) is 0.524. The lowest BCUT2D eigenvalue weighted by molar-refractivity contribution is -0.764. The molecule has 4 aliphatic heterocycles. The molecule has 0 radical (unpaired) electrons. The van der Waals surface area contributed by atoms with Crippen molar-refractivity contribution in [3.05, 3.63) is 76.6 Å². The Morgan fingerprint density at radius 1 is 1.26 bits per heavy atom. The van der Waals surface area contributed by atoms with E-state index < -0.39 is 0 Å². The first-order chi connectivity index (χ1) is 15.0. The highest BCUT2D eigenvalue weighted by molar-refractivity contribution is 8.02. The summed E-state index contributed by atoms with van der Waals surface area (Å²) < 4.78 is 0.984. The van der Waals surface area contributed by atoms with Crippen LogP contribution in [0.15, 0.2) is 71.1 Å². The third-order valence-electron chi connectivity index (χ3n) is 6.47. The normalized spacial score (nSPS) is 25.2. The van der Waals surface area contributed by atoms with Crippen LogP contribution in [0.25, 0.3) is 5.57 Å². The molecule has 6 heteroatoms. The number of fused-ring (bicyclic) bond motifs is 2. The molecular formula is C25H31N4OS+. The van der Waals surface area contributed by atoms with Crippen molar-refractivity contribution in [2.24, 2.45) is 5.92 Å². The lowest BCUT2D eigenvalue weighted by Crippen LogP contribution is -2.45. The second-order valence-corrected chi connectivity index (χ2v) is 10.1. The maximum atomic E-state index is 12.7. The summed E-state index contributed by atoms with van der Waals surface area (Å²) in [5.74, 6) is 0.588. The maximum Gasteiger partial charge on any atom is 0.225 e. The second kappa shape index (κ2) is 7.92. The number of thioether (sulfide) groups is 1. The third kappa shape index (κ3) is 3.72. The van der Waals surface area contributed by atoms with E-state index in [-0.39, 0.29) is 11.4 Å². The molecule has 31 heavy (non-hydrogen) atoms. The fourth-order valence-corrected chi connectivity index (χ4v) is 5.76. The number of quaternary nitrogens is 1. The van der Waals surface area contributed by atoms with Gasteiger partial charge in [-0.2, -0.15) is 0 Å². The Morgan fingerprint density at radius 3 is 2.71 bits per heavy atom. The van der Waals surface area contributed by atoms with Crippen LogP contribution in [0.1, 0.15) is 32.8 Å². The van der Waals surface area contributed by atoms with Gasteiger partial charge in [0.05, 0.1) is 11.3 Å². The van der Waals surface area contributed by atoms with Gasteiger partial charge in [-0.15, -0.1) is 0 Å². The van der Waals surface area contributed by atoms with Gasteiger partial charge >= 0.3 is 0 Å². The number of amides is 1. The number of hydrogen-bond acceptors (Lipinski definition) is 4. The van der Waals surface area contributed by atoms with Gasteiger partial charge < -0.3 is 15.5 Å². The Morgan fingerprint density at radius 2 is 2.03 bits per heavy atom. The zero-order valence-corrected chi connectivity index (χ0v) is 19.3. The standard InChI is InChI=1S/C25H31N4OS/c1-4-28(23(30)12-17(2)3)25-27-22(16-31-25)21-15-29(10-11-29)24-20(21)13-19(14-26-24)18-8-6-5-7-9-18/h5-9,13-17,24-27H,4,10-12H2,1-3H3/q+1. The SMILES string of the molecule is CCN(C(=O)CC(C)C)C1NC(C2=C[N+]3(CC3)C3NC=C(c4ccccc4)C=C23)=CS1. The van der Waals surface area contributed by atoms with E-state index in [9.17, 15) is 4.79 Å². The number of hydrogen-bond donors (Lipinski definition) is 2. The highest BCUT2D eigenvalue weighted by Crippen LogP contribution is 2.46. The molecule has 5 nitrogen and oxygen atoms in total. The lowest BCUT2D eigenvalue weighted by atomic mass is 9.96. The van der Waals surface area contributed by atoms with Crippen LogP contribution in [0.3, 0.4) is 0 Å².